The van der Waals surface area contributed by atoms with Gasteiger partial charge in [0.15, 0.2) is 0 Å². The third kappa shape index (κ3) is 3.42. The summed E-state index contributed by atoms with van der Waals surface area (Å²) in [7, 11) is 0. The first-order valence-corrected chi connectivity index (χ1v) is 13.2. The van der Waals surface area contributed by atoms with Gasteiger partial charge in [0, 0.05) is 32.8 Å². The first-order valence-electron chi connectivity index (χ1n) is 13.2. The minimum absolute atomic E-state index is 0.413. The van der Waals surface area contributed by atoms with Crippen LogP contribution in [0.5, 0.6) is 0 Å². The van der Waals surface area contributed by atoms with Gasteiger partial charge < -0.3 is 8.98 Å². The molecule has 0 unspecified atom stereocenters. The summed E-state index contributed by atoms with van der Waals surface area (Å²) in [4.78, 5) is 4.49. The lowest BCUT2D eigenvalue weighted by atomic mass is 10.0. The highest BCUT2D eigenvalue weighted by molar-refractivity contribution is 6.17. The van der Waals surface area contributed by atoms with E-state index in [0.29, 0.717) is 5.69 Å². The molecule has 40 heavy (non-hydrogen) atoms. The molecule has 0 aliphatic heterocycles. The Bertz CT molecular complexity index is 2300. The topological polar surface area (TPSA) is 54.8 Å². The molecule has 5 aromatic carbocycles. The van der Waals surface area contributed by atoms with Crippen molar-refractivity contribution in [3.63, 3.8) is 0 Å². The van der Waals surface area contributed by atoms with E-state index in [2.05, 4.69) is 101 Å². The number of furan rings is 1. The number of pyridine rings is 1. The van der Waals surface area contributed by atoms with E-state index in [1.54, 1.807) is 6.07 Å². The van der Waals surface area contributed by atoms with E-state index < -0.39 is 0 Å². The third-order valence-electron chi connectivity index (χ3n) is 7.63. The predicted molar refractivity (Wildman–Crippen MR) is 161 cm³/mol. The van der Waals surface area contributed by atoms with Crippen molar-refractivity contribution >= 4 is 43.7 Å². The predicted octanol–water partition coefficient (Wildman–Crippen LogP) is 9.28. The molecule has 4 nitrogen and oxygen atoms in total. The summed E-state index contributed by atoms with van der Waals surface area (Å²) in [6, 6.07) is 45.8. The van der Waals surface area contributed by atoms with Gasteiger partial charge in [0.1, 0.15) is 22.9 Å². The zero-order valence-corrected chi connectivity index (χ0v) is 21.4. The van der Waals surface area contributed by atoms with Crippen LogP contribution in [0.25, 0.3) is 71.8 Å². The number of benzene rings is 5. The van der Waals surface area contributed by atoms with E-state index in [0.717, 1.165) is 66.4 Å². The van der Waals surface area contributed by atoms with Crippen LogP contribution in [-0.2, 0) is 0 Å². The summed E-state index contributed by atoms with van der Waals surface area (Å²) in [5, 5.41) is 13.9. The lowest BCUT2D eigenvalue weighted by Gasteiger charge is -2.11. The Kier molecular flexibility index (Phi) is 4.85. The second-order valence-corrected chi connectivity index (χ2v) is 9.97. The largest absolute Gasteiger partial charge is 0.456 e. The summed E-state index contributed by atoms with van der Waals surface area (Å²) in [6.45, 7) is 0. The Morgan fingerprint density at radius 1 is 0.550 bits per heavy atom. The number of nitriles is 1. The van der Waals surface area contributed by atoms with Crippen molar-refractivity contribution < 1.29 is 4.42 Å². The third-order valence-corrected chi connectivity index (χ3v) is 7.63. The van der Waals surface area contributed by atoms with Crippen molar-refractivity contribution in [2.24, 2.45) is 0 Å². The Morgan fingerprint density at radius 2 is 1.30 bits per heavy atom. The van der Waals surface area contributed by atoms with Gasteiger partial charge in [0.05, 0.1) is 16.7 Å². The fourth-order valence-electron chi connectivity index (χ4n) is 5.81. The van der Waals surface area contributed by atoms with Crippen molar-refractivity contribution in [1.82, 2.24) is 9.55 Å². The summed E-state index contributed by atoms with van der Waals surface area (Å²) < 4.78 is 8.58. The molecule has 3 heterocycles. The minimum Gasteiger partial charge on any atom is -0.456 e. The molecular formula is C36H21N3O. The van der Waals surface area contributed by atoms with Crippen LogP contribution in [0.1, 0.15) is 5.69 Å². The number of para-hydroxylation sites is 2. The molecule has 0 radical (unpaired) electrons. The molecule has 0 fully saturated rings. The molecule has 3 aromatic heterocycles. The van der Waals surface area contributed by atoms with Gasteiger partial charge in [-0.15, -0.1) is 0 Å². The second kappa shape index (κ2) is 8.69. The number of nitrogens with zero attached hydrogens (tertiary/aromatic N) is 3. The maximum absolute atomic E-state index is 9.29. The van der Waals surface area contributed by atoms with E-state index in [4.69, 9.17) is 4.42 Å². The molecule has 0 aliphatic rings. The van der Waals surface area contributed by atoms with Crippen LogP contribution in [0, 0.1) is 11.3 Å². The van der Waals surface area contributed by atoms with E-state index in [-0.39, 0.29) is 0 Å². The smallest absolute Gasteiger partial charge is 0.141 e. The van der Waals surface area contributed by atoms with E-state index in [1.165, 1.54) is 5.39 Å². The van der Waals surface area contributed by atoms with E-state index in [9.17, 15) is 5.26 Å². The fraction of sp³-hybridized carbons (Fsp3) is 0. The molecule has 0 aliphatic carbocycles. The average molecular weight is 512 g/mol. The molecule has 4 heteroatoms. The molecule has 0 amide bonds. The molecule has 0 atom stereocenters. The van der Waals surface area contributed by atoms with Crippen molar-refractivity contribution in [3.8, 4) is 34.1 Å². The van der Waals surface area contributed by atoms with Gasteiger partial charge in [-0.05, 0) is 65.7 Å². The number of rotatable bonds is 3. The van der Waals surface area contributed by atoms with Crippen LogP contribution < -0.4 is 0 Å². The Hall–Kier alpha value is -5.66. The van der Waals surface area contributed by atoms with Gasteiger partial charge >= 0.3 is 0 Å². The second-order valence-electron chi connectivity index (χ2n) is 9.97. The van der Waals surface area contributed by atoms with Gasteiger partial charge in [-0.3, -0.25) is 0 Å². The Labute approximate surface area is 230 Å². The van der Waals surface area contributed by atoms with Gasteiger partial charge in [0.25, 0.3) is 0 Å². The van der Waals surface area contributed by atoms with E-state index in [1.807, 2.05) is 36.4 Å². The van der Waals surface area contributed by atoms with Gasteiger partial charge in [0.2, 0.25) is 0 Å². The lowest BCUT2D eigenvalue weighted by molar-refractivity contribution is 0.669. The van der Waals surface area contributed by atoms with Crippen molar-refractivity contribution in [2.45, 2.75) is 0 Å². The first kappa shape index (κ1) is 22.3. The summed E-state index contributed by atoms with van der Waals surface area (Å²) in [5.74, 6) is 0. The maximum Gasteiger partial charge on any atom is 0.141 e. The van der Waals surface area contributed by atoms with E-state index >= 15 is 0 Å². The molecule has 0 spiro atoms. The summed E-state index contributed by atoms with van der Waals surface area (Å²) >= 11 is 0. The van der Waals surface area contributed by atoms with Crippen molar-refractivity contribution in [2.75, 3.05) is 0 Å². The number of hydrogen-bond donors (Lipinski definition) is 0. The maximum atomic E-state index is 9.29. The number of fused-ring (bicyclic) bond motifs is 6. The average Bonchev–Trinajstić information content (AvgIpc) is 3.55. The van der Waals surface area contributed by atoms with Crippen LogP contribution in [0.3, 0.4) is 0 Å². The highest BCUT2D eigenvalue weighted by atomic mass is 16.3. The first-order chi connectivity index (χ1) is 19.8. The zero-order valence-electron chi connectivity index (χ0n) is 21.4. The van der Waals surface area contributed by atoms with Crippen LogP contribution in [0.2, 0.25) is 0 Å². The summed E-state index contributed by atoms with van der Waals surface area (Å²) in [5.41, 5.74) is 9.56. The normalized spacial score (nSPS) is 11.5. The highest BCUT2D eigenvalue weighted by Gasteiger charge is 2.16. The fourth-order valence-corrected chi connectivity index (χ4v) is 5.81. The summed E-state index contributed by atoms with van der Waals surface area (Å²) in [6.07, 6.45) is 0. The Balaban J connectivity index is 1.33. The molecular weight excluding hydrogens is 490 g/mol. The lowest BCUT2D eigenvalue weighted by Crippen LogP contribution is -1.94. The molecule has 186 valence electrons. The number of hydrogen-bond acceptors (Lipinski definition) is 3. The Morgan fingerprint density at radius 3 is 2.20 bits per heavy atom. The number of aromatic nitrogens is 2. The van der Waals surface area contributed by atoms with Gasteiger partial charge in [-0.1, -0.05) is 72.8 Å². The van der Waals surface area contributed by atoms with Gasteiger partial charge in [-0.2, -0.15) is 5.26 Å². The standard InChI is InChI=1S/C36H21N3O/c37-22-26-11-7-15-32(38-26)25-10-5-8-23(18-25)24-9-6-12-27(19-24)39-33-16-3-1-13-28(33)30-21-36-31(20-34(30)39)29-14-2-4-17-35(29)40-36/h1-21H. The molecule has 0 N–H and O–H groups in total. The zero-order chi connectivity index (χ0) is 26.6. The van der Waals surface area contributed by atoms with Crippen LogP contribution in [-0.4, -0.2) is 9.55 Å². The van der Waals surface area contributed by atoms with Gasteiger partial charge in [-0.25, -0.2) is 4.98 Å². The monoisotopic (exact) mass is 511 g/mol. The molecule has 0 saturated heterocycles. The quantitative estimate of drug-likeness (QED) is 0.237. The molecule has 0 saturated carbocycles. The SMILES string of the molecule is N#Cc1cccc(-c2cccc(-c3cccc(-n4c5ccccc5c5cc6oc7ccccc7c6cc54)c3)c2)n1. The highest BCUT2D eigenvalue weighted by Crippen LogP contribution is 2.38. The molecule has 0 bridgehead atoms. The van der Waals surface area contributed by atoms with Crippen LogP contribution >= 0.6 is 0 Å². The molecule has 8 aromatic rings. The van der Waals surface area contributed by atoms with Crippen LogP contribution in [0.15, 0.2) is 132 Å². The van der Waals surface area contributed by atoms with Crippen LogP contribution in [0.4, 0.5) is 0 Å². The van der Waals surface area contributed by atoms with Crippen molar-refractivity contribution in [3.05, 3.63) is 133 Å². The molecule has 8 rings (SSSR count). The minimum atomic E-state index is 0.413. The van der Waals surface area contributed by atoms with Crippen molar-refractivity contribution in [1.29, 1.82) is 5.26 Å².